The maximum Gasteiger partial charge on any atom is 0.387 e. The molecule has 6 nitrogen and oxygen atoms in total. The third-order valence-corrected chi connectivity index (χ3v) is 3.93. The van der Waals surface area contributed by atoms with Gasteiger partial charge in [-0.2, -0.15) is 8.78 Å². The van der Waals surface area contributed by atoms with Crippen LogP contribution in [0.3, 0.4) is 0 Å². The number of aliphatic imine (C=N–C) groups is 1. The van der Waals surface area contributed by atoms with Crippen LogP contribution in [0.25, 0.3) is 0 Å². The number of hydrogen-bond acceptors (Lipinski definition) is 4. The van der Waals surface area contributed by atoms with Crippen LogP contribution < -0.4 is 20.1 Å². The van der Waals surface area contributed by atoms with Gasteiger partial charge in [0.2, 0.25) is 0 Å². The molecule has 0 amide bonds. The molecule has 0 radical (unpaired) electrons. The van der Waals surface area contributed by atoms with Gasteiger partial charge >= 0.3 is 6.61 Å². The largest absolute Gasteiger partial charge is 0.490 e. The number of benzene rings is 1. The summed E-state index contributed by atoms with van der Waals surface area (Å²) >= 11 is 0. The molecule has 0 saturated carbocycles. The fourth-order valence-electron chi connectivity index (χ4n) is 2.56. The summed E-state index contributed by atoms with van der Waals surface area (Å²) in [5.41, 5.74) is 0.544. The number of rotatable bonds is 12. The summed E-state index contributed by atoms with van der Waals surface area (Å²) in [6.45, 7) is 9.98. The lowest BCUT2D eigenvalue weighted by Crippen LogP contribution is -2.41. The van der Waals surface area contributed by atoms with Gasteiger partial charge in [0, 0.05) is 25.2 Å². The minimum atomic E-state index is -2.92. The molecule has 2 N–H and O–H groups in total. The lowest BCUT2D eigenvalue weighted by molar-refractivity contribution is -0.0520. The highest BCUT2D eigenvalue weighted by atomic mass is 19.3. The molecule has 0 aliphatic heterocycles. The predicted octanol–water partition coefficient (Wildman–Crippen LogP) is 3.08. The van der Waals surface area contributed by atoms with Crippen molar-refractivity contribution in [2.75, 3.05) is 39.3 Å². The molecule has 8 heteroatoms. The third kappa shape index (κ3) is 8.43. The molecule has 1 aromatic carbocycles. The van der Waals surface area contributed by atoms with Crippen LogP contribution in [0, 0.1) is 0 Å². The Bertz CT molecular complexity index is 567. The summed E-state index contributed by atoms with van der Waals surface area (Å²) < 4.78 is 35.7. The van der Waals surface area contributed by atoms with E-state index in [0.29, 0.717) is 30.4 Å². The van der Waals surface area contributed by atoms with E-state index in [4.69, 9.17) is 4.74 Å². The second-order valence-corrected chi connectivity index (χ2v) is 5.70. The number of nitrogens with zero attached hydrogens (tertiary/aromatic N) is 2. The van der Waals surface area contributed by atoms with E-state index in [1.165, 1.54) is 0 Å². The lowest BCUT2D eigenvalue weighted by Gasteiger charge is -2.19. The Kier molecular flexibility index (Phi) is 11.2. The fraction of sp³-hybridized carbons (Fsp3) is 0.632. The normalized spacial score (nSPS) is 11.8. The van der Waals surface area contributed by atoms with Crippen LogP contribution in [0.5, 0.6) is 11.5 Å². The highest BCUT2D eigenvalue weighted by Gasteiger charge is 2.15. The van der Waals surface area contributed by atoms with Crippen molar-refractivity contribution in [2.45, 2.75) is 40.9 Å². The molecule has 0 aromatic heterocycles. The molecule has 0 bridgehead atoms. The molecule has 0 aliphatic carbocycles. The van der Waals surface area contributed by atoms with Gasteiger partial charge in [0.15, 0.2) is 17.5 Å². The second-order valence-electron chi connectivity index (χ2n) is 5.70. The van der Waals surface area contributed by atoms with E-state index in [9.17, 15) is 8.78 Å². The first-order valence-corrected chi connectivity index (χ1v) is 9.49. The van der Waals surface area contributed by atoms with Crippen LogP contribution in [-0.2, 0) is 6.54 Å². The zero-order chi connectivity index (χ0) is 20.1. The summed E-state index contributed by atoms with van der Waals surface area (Å²) in [5.74, 6) is 0.969. The van der Waals surface area contributed by atoms with E-state index >= 15 is 0 Å². The lowest BCUT2D eigenvalue weighted by atomic mass is 10.2. The van der Waals surface area contributed by atoms with Crippen molar-refractivity contribution in [3.8, 4) is 11.5 Å². The van der Waals surface area contributed by atoms with Crippen LogP contribution in [0.15, 0.2) is 23.2 Å². The van der Waals surface area contributed by atoms with Gasteiger partial charge in [-0.05, 0) is 33.0 Å². The maximum absolute atomic E-state index is 12.8. The van der Waals surface area contributed by atoms with Crippen LogP contribution in [-0.4, -0.2) is 56.8 Å². The van der Waals surface area contributed by atoms with E-state index in [-0.39, 0.29) is 12.3 Å². The Hall–Kier alpha value is -2.09. The molecule has 1 rings (SSSR count). The Morgan fingerprint density at radius 3 is 2.48 bits per heavy atom. The molecule has 0 heterocycles. The summed E-state index contributed by atoms with van der Waals surface area (Å²) in [6.07, 6.45) is 0. The average Bonchev–Trinajstić information content (AvgIpc) is 2.65. The number of hydrogen-bond donors (Lipinski definition) is 2. The minimum absolute atomic E-state index is 0.0390. The van der Waals surface area contributed by atoms with Crippen molar-refractivity contribution >= 4 is 5.96 Å². The van der Waals surface area contributed by atoms with Gasteiger partial charge < -0.3 is 25.0 Å². The highest BCUT2D eigenvalue weighted by molar-refractivity contribution is 5.79. The summed E-state index contributed by atoms with van der Waals surface area (Å²) in [4.78, 5) is 6.80. The van der Waals surface area contributed by atoms with E-state index in [2.05, 4.69) is 39.1 Å². The first-order chi connectivity index (χ1) is 13.0. The zero-order valence-corrected chi connectivity index (χ0v) is 16.7. The Balaban J connectivity index is 2.86. The second kappa shape index (κ2) is 13.1. The van der Waals surface area contributed by atoms with Gasteiger partial charge in [0.1, 0.15) is 0 Å². The Labute approximate surface area is 160 Å². The van der Waals surface area contributed by atoms with Gasteiger partial charge in [-0.25, -0.2) is 4.99 Å². The number of guanidine groups is 1. The van der Waals surface area contributed by atoms with Gasteiger partial charge in [-0.15, -0.1) is 0 Å². The van der Waals surface area contributed by atoms with E-state index in [0.717, 1.165) is 26.2 Å². The van der Waals surface area contributed by atoms with Crippen LogP contribution >= 0.6 is 0 Å². The van der Waals surface area contributed by atoms with Gasteiger partial charge in [0.05, 0.1) is 13.2 Å². The first kappa shape index (κ1) is 23.0. The molecular weight excluding hydrogens is 354 g/mol. The number of likely N-dealkylation sites (N-methyl/N-ethyl adjacent to an activating group) is 1. The number of ether oxygens (including phenoxy) is 2. The molecule has 1 aromatic rings. The van der Waals surface area contributed by atoms with Crippen molar-refractivity contribution in [1.29, 1.82) is 0 Å². The van der Waals surface area contributed by atoms with Crippen LogP contribution in [0.2, 0.25) is 0 Å². The number of nitrogens with one attached hydrogen (secondary N) is 2. The van der Waals surface area contributed by atoms with Crippen molar-refractivity contribution in [2.24, 2.45) is 4.99 Å². The Morgan fingerprint density at radius 2 is 1.89 bits per heavy atom. The highest BCUT2D eigenvalue weighted by Crippen LogP contribution is 2.33. The number of para-hydroxylation sites is 1. The van der Waals surface area contributed by atoms with Gasteiger partial charge in [-0.1, -0.05) is 26.0 Å². The SMILES string of the molecule is CCNC(=NCc1cccc(OCC)c1OC(F)F)NCCN(CC)CC. The van der Waals surface area contributed by atoms with Gasteiger partial charge in [-0.3, -0.25) is 0 Å². The maximum atomic E-state index is 12.8. The first-order valence-electron chi connectivity index (χ1n) is 9.49. The van der Waals surface area contributed by atoms with Gasteiger partial charge in [0.25, 0.3) is 0 Å². The molecule has 0 unspecified atom stereocenters. The van der Waals surface area contributed by atoms with E-state index < -0.39 is 6.61 Å². The Morgan fingerprint density at radius 1 is 1.15 bits per heavy atom. The standard InChI is InChI=1S/C19H32F2N4O2/c1-5-22-19(23-12-13-25(6-2)7-3)24-14-15-10-9-11-16(26-8-4)17(15)27-18(20)21/h9-11,18H,5-8,12-14H2,1-4H3,(H2,22,23,24). The molecule has 0 spiro atoms. The monoisotopic (exact) mass is 386 g/mol. The number of halogens is 2. The van der Waals surface area contributed by atoms with Crippen molar-refractivity contribution in [1.82, 2.24) is 15.5 Å². The van der Waals surface area contributed by atoms with Crippen molar-refractivity contribution in [3.63, 3.8) is 0 Å². The van der Waals surface area contributed by atoms with Crippen LogP contribution in [0.1, 0.15) is 33.3 Å². The summed E-state index contributed by atoms with van der Waals surface area (Å²) in [6, 6.07) is 5.07. The summed E-state index contributed by atoms with van der Waals surface area (Å²) in [5, 5.41) is 6.43. The summed E-state index contributed by atoms with van der Waals surface area (Å²) in [7, 11) is 0. The molecule has 0 atom stereocenters. The van der Waals surface area contributed by atoms with E-state index in [1.54, 1.807) is 25.1 Å². The molecule has 0 fully saturated rings. The topological polar surface area (TPSA) is 58.1 Å². The average molecular weight is 386 g/mol. The van der Waals surface area contributed by atoms with E-state index in [1.807, 2.05) is 6.92 Å². The minimum Gasteiger partial charge on any atom is -0.490 e. The smallest absolute Gasteiger partial charge is 0.387 e. The van der Waals surface area contributed by atoms with Crippen LogP contribution in [0.4, 0.5) is 8.78 Å². The molecule has 27 heavy (non-hydrogen) atoms. The number of alkyl halides is 2. The zero-order valence-electron chi connectivity index (χ0n) is 16.7. The third-order valence-electron chi connectivity index (χ3n) is 3.93. The molecule has 154 valence electrons. The molecular formula is C19H32F2N4O2. The quantitative estimate of drug-likeness (QED) is 0.427. The predicted molar refractivity (Wildman–Crippen MR) is 105 cm³/mol. The van der Waals surface area contributed by atoms with Crippen molar-refractivity contribution in [3.05, 3.63) is 23.8 Å². The van der Waals surface area contributed by atoms with Crippen molar-refractivity contribution < 1.29 is 18.3 Å². The molecule has 0 saturated heterocycles. The fourth-order valence-corrected chi connectivity index (χ4v) is 2.56. The molecule has 0 aliphatic rings.